The molecule has 1 aliphatic rings. The van der Waals surface area contributed by atoms with E-state index < -0.39 is 0 Å². The van der Waals surface area contributed by atoms with E-state index in [1.807, 2.05) is 13.0 Å². The van der Waals surface area contributed by atoms with Crippen molar-refractivity contribution in [3.8, 4) is 0 Å². The van der Waals surface area contributed by atoms with E-state index in [1.54, 1.807) is 0 Å². The van der Waals surface area contributed by atoms with Crippen LogP contribution in [0.2, 0.25) is 0 Å². The molecule has 0 aromatic carbocycles. The summed E-state index contributed by atoms with van der Waals surface area (Å²) in [5, 5.41) is 0. The second-order valence-corrected chi connectivity index (χ2v) is 4.83. The van der Waals surface area contributed by atoms with Gasteiger partial charge in [-0.05, 0) is 24.7 Å². The molecule has 14 heavy (non-hydrogen) atoms. The first-order valence-electron chi connectivity index (χ1n) is 5.29. The number of rotatable bonds is 3. The maximum Gasteiger partial charge on any atom is 0.126 e. The summed E-state index contributed by atoms with van der Waals surface area (Å²) in [6.07, 6.45) is 8.62. The topological polar surface area (TPSA) is 17.1 Å². The van der Waals surface area contributed by atoms with Crippen molar-refractivity contribution in [1.29, 1.82) is 0 Å². The van der Waals surface area contributed by atoms with Gasteiger partial charge in [0.25, 0.3) is 0 Å². The average Bonchev–Trinajstić information content (AvgIpc) is 2.39. The summed E-state index contributed by atoms with van der Waals surface area (Å²) in [7, 11) is 0. The van der Waals surface area contributed by atoms with Crippen LogP contribution in [0.15, 0.2) is 23.8 Å². The van der Waals surface area contributed by atoms with Crippen LogP contribution in [-0.2, 0) is 4.79 Å². The zero-order chi connectivity index (χ0) is 10.8. The van der Waals surface area contributed by atoms with Crippen molar-refractivity contribution in [2.24, 2.45) is 17.3 Å². The van der Waals surface area contributed by atoms with Crippen LogP contribution < -0.4 is 0 Å². The monoisotopic (exact) mass is 192 g/mol. The largest absolute Gasteiger partial charge is 0.303 e. The van der Waals surface area contributed by atoms with Gasteiger partial charge in [-0.15, -0.1) is 0 Å². The second-order valence-electron chi connectivity index (χ2n) is 4.83. The van der Waals surface area contributed by atoms with Crippen molar-refractivity contribution < 1.29 is 4.79 Å². The minimum absolute atomic E-state index is 0.0479. The quantitative estimate of drug-likeness (QED) is 0.495. The third-order valence-corrected chi connectivity index (χ3v) is 3.48. The molecule has 0 aliphatic heterocycles. The van der Waals surface area contributed by atoms with Crippen molar-refractivity contribution in [3.63, 3.8) is 0 Å². The van der Waals surface area contributed by atoms with Crippen LogP contribution in [0.4, 0.5) is 0 Å². The molecular weight excluding hydrogens is 172 g/mol. The Morgan fingerprint density at radius 2 is 2.21 bits per heavy atom. The first kappa shape index (κ1) is 11.2. The zero-order valence-electron chi connectivity index (χ0n) is 9.58. The predicted molar refractivity (Wildman–Crippen MR) is 60.0 cm³/mol. The van der Waals surface area contributed by atoms with Crippen molar-refractivity contribution >= 4 is 6.29 Å². The van der Waals surface area contributed by atoms with Crippen LogP contribution >= 0.6 is 0 Å². The maximum atomic E-state index is 10.5. The van der Waals surface area contributed by atoms with Crippen LogP contribution in [0.3, 0.4) is 0 Å². The van der Waals surface area contributed by atoms with Crippen LogP contribution in [0.5, 0.6) is 0 Å². The lowest BCUT2D eigenvalue weighted by Gasteiger charge is -2.27. The minimum atomic E-state index is 0.0479. The highest BCUT2D eigenvalue weighted by Crippen LogP contribution is 2.43. The van der Waals surface area contributed by atoms with Crippen molar-refractivity contribution in [2.45, 2.75) is 34.1 Å². The Labute approximate surface area is 86.9 Å². The Hall–Kier alpha value is -0.850. The molecule has 1 nitrogen and oxygen atoms in total. The molecule has 2 unspecified atom stereocenters. The molecule has 0 aromatic heterocycles. The van der Waals surface area contributed by atoms with Gasteiger partial charge in [-0.2, -0.15) is 0 Å². The Kier molecular flexibility index (Phi) is 3.30. The summed E-state index contributed by atoms with van der Waals surface area (Å²) >= 11 is 0. The molecule has 0 N–H and O–H groups in total. The maximum absolute atomic E-state index is 10.5. The van der Waals surface area contributed by atoms with E-state index in [4.69, 9.17) is 0 Å². The smallest absolute Gasteiger partial charge is 0.126 e. The van der Waals surface area contributed by atoms with Gasteiger partial charge in [0.2, 0.25) is 0 Å². The van der Waals surface area contributed by atoms with Gasteiger partial charge in [0.15, 0.2) is 0 Å². The lowest BCUT2D eigenvalue weighted by atomic mass is 9.77. The van der Waals surface area contributed by atoms with Crippen LogP contribution in [-0.4, -0.2) is 6.29 Å². The van der Waals surface area contributed by atoms with Gasteiger partial charge in [-0.3, -0.25) is 0 Å². The molecule has 0 heterocycles. The Morgan fingerprint density at radius 3 is 2.64 bits per heavy atom. The summed E-state index contributed by atoms with van der Waals surface area (Å²) in [6, 6.07) is 0. The number of aldehydes is 1. The molecule has 0 radical (unpaired) electrons. The molecule has 0 spiro atoms. The third kappa shape index (κ3) is 2.14. The molecule has 1 heteroatoms. The molecule has 0 fully saturated rings. The predicted octanol–water partition coefficient (Wildman–Crippen LogP) is 3.37. The molecule has 1 rings (SSSR count). The van der Waals surface area contributed by atoms with E-state index in [-0.39, 0.29) is 11.3 Å². The molecule has 0 bridgehead atoms. The highest BCUT2D eigenvalue weighted by molar-refractivity contribution is 5.55. The van der Waals surface area contributed by atoms with E-state index >= 15 is 0 Å². The summed E-state index contributed by atoms with van der Waals surface area (Å²) in [5.41, 5.74) is 1.73. The highest BCUT2D eigenvalue weighted by Gasteiger charge is 2.32. The highest BCUT2D eigenvalue weighted by atomic mass is 16.1. The number of allylic oxidation sites excluding steroid dienone is 4. The lowest BCUT2D eigenvalue weighted by Crippen LogP contribution is -2.18. The second kappa shape index (κ2) is 4.12. The van der Waals surface area contributed by atoms with Gasteiger partial charge >= 0.3 is 0 Å². The summed E-state index contributed by atoms with van der Waals surface area (Å²) < 4.78 is 0. The van der Waals surface area contributed by atoms with Crippen molar-refractivity contribution in [3.05, 3.63) is 23.8 Å². The molecular formula is C13H20O. The van der Waals surface area contributed by atoms with Crippen LogP contribution in [0.1, 0.15) is 34.1 Å². The minimum Gasteiger partial charge on any atom is -0.303 e. The fourth-order valence-corrected chi connectivity index (χ4v) is 1.83. The number of hydrogen-bond acceptors (Lipinski definition) is 1. The normalized spacial score (nSPS) is 27.7. The van der Waals surface area contributed by atoms with Gasteiger partial charge in [-0.1, -0.05) is 44.6 Å². The summed E-state index contributed by atoms with van der Waals surface area (Å²) in [5.74, 6) is 0.608. The van der Waals surface area contributed by atoms with Gasteiger partial charge in [-0.25, -0.2) is 0 Å². The van der Waals surface area contributed by atoms with Gasteiger partial charge < -0.3 is 4.79 Å². The average molecular weight is 192 g/mol. The molecule has 1 aliphatic carbocycles. The van der Waals surface area contributed by atoms with E-state index in [0.717, 1.165) is 12.7 Å². The van der Waals surface area contributed by atoms with E-state index in [9.17, 15) is 4.79 Å². The Morgan fingerprint density at radius 1 is 1.57 bits per heavy atom. The van der Waals surface area contributed by atoms with Crippen LogP contribution in [0, 0.1) is 17.3 Å². The van der Waals surface area contributed by atoms with E-state index in [1.165, 1.54) is 5.57 Å². The summed E-state index contributed by atoms with van der Waals surface area (Å²) in [4.78, 5) is 10.5. The fraction of sp³-hybridized carbons (Fsp3) is 0.615. The Balaban J connectivity index is 2.66. The molecule has 0 saturated heterocycles. The molecule has 0 aromatic rings. The van der Waals surface area contributed by atoms with Gasteiger partial charge in [0, 0.05) is 5.92 Å². The van der Waals surface area contributed by atoms with Gasteiger partial charge in [0.05, 0.1) is 0 Å². The van der Waals surface area contributed by atoms with Gasteiger partial charge in [0.1, 0.15) is 6.29 Å². The third-order valence-electron chi connectivity index (χ3n) is 3.48. The number of hydrogen-bond donors (Lipinski definition) is 0. The molecule has 0 saturated carbocycles. The number of carbonyl (C=O) groups excluding carboxylic acids is 1. The zero-order valence-corrected chi connectivity index (χ0v) is 9.58. The Bertz CT molecular complexity index is 271. The van der Waals surface area contributed by atoms with E-state index in [2.05, 4.69) is 32.9 Å². The van der Waals surface area contributed by atoms with Crippen LogP contribution in [0.25, 0.3) is 0 Å². The van der Waals surface area contributed by atoms with Crippen molar-refractivity contribution in [1.82, 2.24) is 0 Å². The standard InChI is InChI=1S/C13H20O/c1-10(9-14)5-7-12-8-6-11(2)13(12,3)4/h5-7,9-10,12H,8H2,1-4H3. The molecule has 0 amide bonds. The van der Waals surface area contributed by atoms with E-state index in [0.29, 0.717) is 5.92 Å². The number of carbonyl (C=O) groups is 1. The lowest BCUT2D eigenvalue weighted by molar-refractivity contribution is -0.109. The summed E-state index contributed by atoms with van der Waals surface area (Å²) in [6.45, 7) is 8.65. The first-order chi connectivity index (χ1) is 6.48. The molecule has 2 atom stereocenters. The first-order valence-corrected chi connectivity index (χ1v) is 5.29. The fourth-order valence-electron chi connectivity index (χ4n) is 1.83. The molecule has 78 valence electrons. The SMILES string of the molecule is CC1=CCC(C=CC(C)C=O)C1(C)C. The van der Waals surface area contributed by atoms with Crippen molar-refractivity contribution in [2.75, 3.05) is 0 Å².